The molecule has 0 saturated heterocycles. The molecule has 0 spiro atoms. The Labute approximate surface area is 142 Å². The van der Waals surface area contributed by atoms with Crippen molar-refractivity contribution in [3.63, 3.8) is 0 Å². The summed E-state index contributed by atoms with van der Waals surface area (Å²) in [6.45, 7) is 2.93. The fraction of sp³-hybridized carbons (Fsp3) is 0.333. The molecule has 0 bridgehead atoms. The normalized spacial score (nSPS) is 12.2. The molecule has 0 radical (unpaired) electrons. The van der Waals surface area contributed by atoms with E-state index in [4.69, 9.17) is 21.1 Å². The van der Waals surface area contributed by atoms with Crippen LogP contribution in [0.15, 0.2) is 28.7 Å². The number of nitrogens with one attached hydrogen (secondary N) is 1. The van der Waals surface area contributed by atoms with Crippen LogP contribution in [0.4, 0.5) is 0 Å². The molecule has 114 valence electrons. The van der Waals surface area contributed by atoms with Crippen molar-refractivity contribution in [3.8, 4) is 11.5 Å². The number of rotatable bonds is 6. The van der Waals surface area contributed by atoms with E-state index in [0.29, 0.717) is 0 Å². The standard InChI is InChI=1S/C15H17BrClNO2S/c1-4-18-14(13-8-10(16)15(17)21-13)9-5-6-11(19-2)12(7-9)20-3/h5-8,14,18H,4H2,1-3H3. The van der Waals surface area contributed by atoms with E-state index in [9.17, 15) is 0 Å². The van der Waals surface area contributed by atoms with Crippen molar-refractivity contribution in [2.45, 2.75) is 13.0 Å². The molecular formula is C15H17BrClNO2S. The lowest BCUT2D eigenvalue weighted by molar-refractivity contribution is 0.354. The Kier molecular flexibility index (Phi) is 5.93. The number of ether oxygens (including phenoxy) is 2. The Morgan fingerprint density at radius 2 is 1.95 bits per heavy atom. The minimum absolute atomic E-state index is 0.0728. The number of thiophene rings is 1. The summed E-state index contributed by atoms with van der Waals surface area (Å²) in [5.41, 5.74) is 1.11. The minimum Gasteiger partial charge on any atom is -0.493 e. The van der Waals surface area contributed by atoms with Crippen LogP contribution < -0.4 is 14.8 Å². The average Bonchev–Trinajstić information content (AvgIpc) is 2.83. The predicted molar refractivity (Wildman–Crippen MR) is 92.1 cm³/mol. The molecule has 0 amide bonds. The van der Waals surface area contributed by atoms with E-state index in [1.54, 1.807) is 25.6 Å². The highest BCUT2D eigenvalue weighted by Crippen LogP contribution is 2.39. The van der Waals surface area contributed by atoms with Crippen molar-refractivity contribution in [1.29, 1.82) is 0 Å². The first-order valence-corrected chi connectivity index (χ1v) is 8.49. The predicted octanol–water partition coefficient (Wildman–Crippen LogP) is 4.88. The van der Waals surface area contributed by atoms with Gasteiger partial charge < -0.3 is 14.8 Å². The maximum Gasteiger partial charge on any atom is 0.161 e. The lowest BCUT2D eigenvalue weighted by Crippen LogP contribution is -2.21. The number of hydrogen-bond donors (Lipinski definition) is 1. The Morgan fingerprint density at radius 3 is 2.48 bits per heavy atom. The van der Waals surface area contributed by atoms with Crippen LogP contribution in [-0.2, 0) is 0 Å². The summed E-state index contributed by atoms with van der Waals surface area (Å²) in [6.07, 6.45) is 0. The zero-order valence-corrected chi connectivity index (χ0v) is 15.2. The molecule has 0 fully saturated rings. The van der Waals surface area contributed by atoms with Gasteiger partial charge in [0.2, 0.25) is 0 Å². The largest absolute Gasteiger partial charge is 0.493 e. The summed E-state index contributed by atoms with van der Waals surface area (Å²) in [5.74, 6) is 1.45. The van der Waals surface area contributed by atoms with Gasteiger partial charge in [0.1, 0.15) is 4.34 Å². The van der Waals surface area contributed by atoms with Crippen LogP contribution >= 0.6 is 38.9 Å². The third kappa shape index (κ3) is 3.72. The van der Waals surface area contributed by atoms with E-state index in [2.05, 4.69) is 34.2 Å². The molecule has 0 saturated carbocycles. The van der Waals surface area contributed by atoms with Crippen molar-refractivity contribution in [3.05, 3.63) is 43.5 Å². The summed E-state index contributed by atoms with van der Waals surface area (Å²) in [5, 5.41) is 3.48. The van der Waals surface area contributed by atoms with Gasteiger partial charge in [0.05, 0.1) is 20.3 Å². The molecule has 2 aromatic rings. The molecule has 1 N–H and O–H groups in total. The highest BCUT2D eigenvalue weighted by molar-refractivity contribution is 9.10. The first kappa shape index (κ1) is 16.6. The first-order chi connectivity index (χ1) is 10.1. The lowest BCUT2D eigenvalue weighted by Gasteiger charge is -2.18. The molecule has 1 aromatic carbocycles. The maximum absolute atomic E-state index is 6.17. The minimum atomic E-state index is 0.0728. The van der Waals surface area contributed by atoms with E-state index in [1.807, 2.05) is 18.2 Å². The van der Waals surface area contributed by atoms with Gasteiger partial charge in [0.15, 0.2) is 11.5 Å². The third-order valence-corrected chi connectivity index (χ3v) is 5.64. The second-order valence-electron chi connectivity index (χ2n) is 4.38. The van der Waals surface area contributed by atoms with E-state index in [0.717, 1.165) is 37.3 Å². The van der Waals surface area contributed by atoms with Gasteiger partial charge in [-0.25, -0.2) is 0 Å². The molecule has 21 heavy (non-hydrogen) atoms. The Morgan fingerprint density at radius 1 is 1.24 bits per heavy atom. The van der Waals surface area contributed by atoms with Crippen molar-refractivity contribution in [2.24, 2.45) is 0 Å². The van der Waals surface area contributed by atoms with Gasteiger partial charge >= 0.3 is 0 Å². The van der Waals surface area contributed by atoms with E-state index in [-0.39, 0.29) is 6.04 Å². The van der Waals surface area contributed by atoms with Crippen LogP contribution in [0.2, 0.25) is 4.34 Å². The molecule has 1 unspecified atom stereocenters. The lowest BCUT2D eigenvalue weighted by atomic mass is 10.0. The van der Waals surface area contributed by atoms with Crippen LogP contribution in [0.3, 0.4) is 0 Å². The highest BCUT2D eigenvalue weighted by atomic mass is 79.9. The quantitative estimate of drug-likeness (QED) is 0.762. The molecule has 1 atom stereocenters. The summed E-state index contributed by atoms with van der Waals surface area (Å²) < 4.78 is 12.4. The van der Waals surface area contributed by atoms with Crippen LogP contribution in [0.25, 0.3) is 0 Å². The monoisotopic (exact) mass is 389 g/mol. The topological polar surface area (TPSA) is 30.5 Å². The average molecular weight is 391 g/mol. The number of methoxy groups -OCH3 is 2. The first-order valence-electron chi connectivity index (χ1n) is 6.50. The molecule has 1 heterocycles. The third-order valence-electron chi connectivity index (χ3n) is 3.10. The number of hydrogen-bond acceptors (Lipinski definition) is 4. The molecule has 1 aromatic heterocycles. The van der Waals surface area contributed by atoms with Gasteiger partial charge in [-0.3, -0.25) is 0 Å². The fourth-order valence-electron chi connectivity index (χ4n) is 2.12. The molecule has 6 heteroatoms. The summed E-state index contributed by atoms with van der Waals surface area (Å²) in [7, 11) is 3.28. The van der Waals surface area contributed by atoms with Crippen molar-refractivity contribution in [1.82, 2.24) is 5.32 Å². The van der Waals surface area contributed by atoms with E-state index >= 15 is 0 Å². The maximum atomic E-state index is 6.17. The summed E-state index contributed by atoms with van der Waals surface area (Å²) in [6, 6.07) is 8.08. The van der Waals surface area contributed by atoms with Crippen LogP contribution in [0.5, 0.6) is 11.5 Å². The zero-order chi connectivity index (χ0) is 15.4. The van der Waals surface area contributed by atoms with Crippen LogP contribution in [-0.4, -0.2) is 20.8 Å². The Balaban J connectivity index is 2.42. The van der Waals surface area contributed by atoms with Gasteiger partial charge in [-0.1, -0.05) is 24.6 Å². The Hall–Kier alpha value is -0.750. The van der Waals surface area contributed by atoms with Gasteiger partial charge in [-0.2, -0.15) is 0 Å². The molecule has 0 aliphatic carbocycles. The van der Waals surface area contributed by atoms with Gasteiger partial charge in [0, 0.05) is 9.35 Å². The van der Waals surface area contributed by atoms with E-state index < -0.39 is 0 Å². The van der Waals surface area contributed by atoms with Crippen molar-refractivity contribution >= 4 is 38.9 Å². The number of halogens is 2. The second kappa shape index (κ2) is 7.49. The zero-order valence-electron chi connectivity index (χ0n) is 12.1. The second-order valence-corrected chi connectivity index (χ2v) is 6.92. The summed E-state index contributed by atoms with van der Waals surface area (Å²) in [4.78, 5) is 1.15. The van der Waals surface area contributed by atoms with Gasteiger partial charge in [-0.15, -0.1) is 11.3 Å². The molecule has 0 aliphatic heterocycles. The van der Waals surface area contributed by atoms with Gasteiger partial charge in [-0.05, 0) is 46.2 Å². The molecule has 0 aliphatic rings. The molecule has 3 nitrogen and oxygen atoms in total. The number of benzene rings is 1. The van der Waals surface area contributed by atoms with Crippen LogP contribution in [0.1, 0.15) is 23.4 Å². The fourth-order valence-corrected chi connectivity index (χ4v) is 3.96. The Bertz CT molecular complexity index is 598. The molecule has 2 rings (SSSR count). The SMILES string of the molecule is CCNC(c1ccc(OC)c(OC)c1)c1cc(Br)c(Cl)s1. The van der Waals surface area contributed by atoms with E-state index in [1.165, 1.54) is 0 Å². The van der Waals surface area contributed by atoms with Crippen molar-refractivity contribution < 1.29 is 9.47 Å². The summed E-state index contributed by atoms with van der Waals surface area (Å²) >= 11 is 11.2. The van der Waals surface area contributed by atoms with Crippen molar-refractivity contribution in [2.75, 3.05) is 20.8 Å². The van der Waals surface area contributed by atoms with Crippen LogP contribution in [0, 0.1) is 0 Å². The smallest absolute Gasteiger partial charge is 0.161 e. The highest BCUT2D eigenvalue weighted by Gasteiger charge is 2.19. The molecular weight excluding hydrogens is 374 g/mol. The van der Waals surface area contributed by atoms with Gasteiger partial charge in [0.25, 0.3) is 0 Å².